The largest absolute Gasteiger partial charge is 0.478 e. The van der Waals surface area contributed by atoms with E-state index in [2.05, 4.69) is 0 Å². The quantitative estimate of drug-likeness (QED) is 0.621. The predicted octanol–water partition coefficient (Wildman–Crippen LogP) is 2.21. The third-order valence-electron chi connectivity index (χ3n) is 2.65. The van der Waals surface area contributed by atoms with E-state index < -0.39 is 10.9 Å². The number of rotatable bonds is 2. The van der Waals surface area contributed by atoms with Crippen LogP contribution < -0.4 is 0 Å². The monoisotopic (exact) mass is 253 g/mol. The van der Waals surface area contributed by atoms with Crippen LogP contribution in [0.15, 0.2) is 24.3 Å². The Morgan fingerprint density at radius 3 is 2.00 bits per heavy atom. The minimum absolute atomic E-state index is 0.0422. The second-order valence-corrected chi connectivity index (χ2v) is 4.05. The predicted molar refractivity (Wildman–Crippen MR) is 64.5 cm³/mol. The van der Waals surface area contributed by atoms with E-state index in [1.165, 1.54) is 25.0 Å². The summed E-state index contributed by atoms with van der Waals surface area (Å²) in [4.78, 5) is 19.9. The highest BCUT2D eigenvalue weighted by molar-refractivity contribution is 5.87. The highest BCUT2D eigenvalue weighted by atomic mass is 16.6. The first-order valence-electron chi connectivity index (χ1n) is 5.66. The van der Waals surface area contributed by atoms with E-state index in [1.807, 2.05) is 0 Å². The van der Waals surface area contributed by atoms with Gasteiger partial charge in [-0.05, 0) is 25.0 Å². The normalized spacial score (nSPS) is 14.7. The number of hydrogen-bond acceptors (Lipinski definition) is 4. The molecule has 1 aromatic rings. The van der Waals surface area contributed by atoms with Crippen LogP contribution in [0.4, 0.5) is 5.69 Å². The van der Waals surface area contributed by atoms with E-state index >= 15 is 0 Å². The van der Waals surface area contributed by atoms with E-state index in [4.69, 9.17) is 10.2 Å². The van der Waals surface area contributed by atoms with Crippen LogP contribution in [0, 0.1) is 10.1 Å². The van der Waals surface area contributed by atoms with Gasteiger partial charge in [0.05, 0.1) is 16.6 Å². The molecule has 6 heteroatoms. The number of carboxylic acids is 1. The molecule has 0 aliphatic heterocycles. The van der Waals surface area contributed by atoms with Crippen molar-refractivity contribution >= 4 is 11.7 Å². The summed E-state index contributed by atoms with van der Waals surface area (Å²) in [5.74, 6) is -1.09. The molecular formula is C12H15NO5. The average molecular weight is 253 g/mol. The minimum atomic E-state index is -1.09. The van der Waals surface area contributed by atoms with Gasteiger partial charge in [-0.25, -0.2) is 4.79 Å². The number of carboxylic acid groups (broad SMARTS) is 1. The molecule has 1 saturated carbocycles. The van der Waals surface area contributed by atoms with Crippen molar-refractivity contribution in [1.82, 2.24) is 0 Å². The number of hydrogen-bond donors (Lipinski definition) is 2. The fraction of sp³-hybridized carbons (Fsp3) is 0.417. The fourth-order valence-corrected chi connectivity index (χ4v) is 1.63. The standard InChI is InChI=1S/C7H5NO4.C5H10O/c9-7(10)5-1-3-6(4-2-5)8(11)12;6-5-3-1-2-4-5/h1-4H,(H,9,10);5-6H,1-4H2. The van der Waals surface area contributed by atoms with Crippen LogP contribution in [0.3, 0.4) is 0 Å². The molecule has 1 aliphatic carbocycles. The number of aliphatic hydroxyl groups excluding tert-OH is 1. The number of nitrogens with zero attached hydrogens (tertiary/aromatic N) is 1. The van der Waals surface area contributed by atoms with Gasteiger partial charge in [-0.2, -0.15) is 0 Å². The number of aliphatic hydroxyl groups is 1. The van der Waals surface area contributed by atoms with Crippen molar-refractivity contribution in [3.8, 4) is 0 Å². The minimum Gasteiger partial charge on any atom is -0.478 e. The molecule has 0 saturated heterocycles. The second-order valence-electron chi connectivity index (χ2n) is 4.05. The van der Waals surface area contributed by atoms with Gasteiger partial charge in [0, 0.05) is 12.1 Å². The topological polar surface area (TPSA) is 101 Å². The number of nitro groups is 1. The fourth-order valence-electron chi connectivity index (χ4n) is 1.63. The molecule has 98 valence electrons. The van der Waals surface area contributed by atoms with Crippen molar-refractivity contribution < 1.29 is 19.9 Å². The number of carbonyl (C=O) groups is 1. The lowest BCUT2D eigenvalue weighted by molar-refractivity contribution is -0.384. The van der Waals surface area contributed by atoms with E-state index in [1.54, 1.807) is 0 Å². The summed E-state index contributed by atoms with van der Waals surface area (Å²) in [5, 5.41) is 27.3. The van der Waals surface area contributed by atoms with Crippen molar-refractivity contribution in [2.24, 2.45) is 0 Å². The summed E-state index contributed by atoms with van der Waals surface area (Å²) < 4.78 is 0. The molecule has 0 atom stereocenters. The zero-order chi connectivity index (χ0) is 13.5. The molecule has 0 amide bonds. The van der Waals surface area contributed by atoms with Crippen LogP contribution in [-0.2, 0) is 0 Å². The Balaban J connectivity index is 0.000000225. The molecule has 0 radical (unpaired) electrons. The lowest BCUT2D eigenvalue weighted by Crippen LogP contribution is -1.96. The third kappa shape index (κ3) is 4.50. The van der Waals surface area contributed by atoms with E-state index in [0.29, 0.717) is 0 Å². The Labute approximate surface area is 104 Å². The van der Waals surface area contributed by atoms with Crippen LogP contribution in [0.5, 0.6) is 0 Å². The Morgan fingerprint density at radius 1 is 1.22 bits per heavy atom. The lowest BCUT2D eigenvalue weighted by atomic mass is 10.2. The van der Waals surface area contributed by atoms with Gasteiger partial charge < -0.3 is 10.2 Å². The number of aromatic carboxylic acids is 1. The van der Waals surface area contributed by atoms with Gasteiger partial charge in [0.2, 0.25) is 0 Å². The van der Waals surface area contributed by atoms with Gasteiger partial charge >= 0.3 is 5.97 Å². The summed E-state index contributed by atoms with van der Waals surface area (Å²) in [7, 11) is 0. The van der Waals surface area contributed by atoms with Crippen LogP contribution in [0.1, 0.15) is 36.0 Å². The Kier molecular flexibility index (Phi) is 5.26. The molecule has 18 heavy (non-hydrogen) atoms. The van der Waals surface area contributed by atoms with Gasteiger partial charge in [-0.1, -0.05) is 12.8 Å². The zero-order valence-electron chi connectivity index (χ0n) is 9.78. The Hall–Kier alpha value is -1.95. The summed E-state index contributed by atoms with van der Waals surface area (Å²) >= 11 is 0. The molecule has 6 nitrogen and oxygen atoms in total. The highest BCUT2D eigenvalue weighted by Crippen LogP contribution is 2.16. The number of nitro benzene ring substituents is 1. The third-order valence-corrected chi connectivity index (χ3v) is 2.65. The van der Waals surface area contributed by atoms with Gasteiger partial charge in [0.25, 0.3) is 5.69 Å². The molecule has 0 spiro atoms. The molecule has 2 N–H and O–H groups in total. The smallest absolute Gasteiger partial charge is 0.335 e. The highest BCUT2D eigenvalue weighted by Gasteiger charge is 2.09. The first kappa shape index (κ1) is 14.1. The molecule has 0 aromatic heterocycles. The first-order chi connectivity index (χ1) is 8.50. The van der Waals surface area contributed by atoms with Crippen LogP contribution >= 0.6 is 0 Å². The number of benzene rings is 1. The van der Waals surface area contributed by atoms with E-state index in [-0.39, 0.29) is 17.4 Å². The molecule has 1 fully saturated rings. The van der Waals surface area contributed by atoms with Crippen LogP contribution in [0.25, 0.3) is 0 Å². The molecule has 2 rings (SSSR count). The molecule has 0 unspecified atom stereocenters. The molecule has 1 aromatic carbocycles. The molecule has 0 bridgehead atoms. The summed E-state index contributed by atoms with van der Waals surface area (Å²) in [6, 6.07) is 4.70. The maximum Gasteiger partial charge on any atom is 0.335 e. The SMILES string of the molecule is O=C(O)c1ccc([N+](=O)[O-])cc1.OC1CCCC1. The van der Waals surface area contributed by atoms with Crippen LogP contribution in [0.2, 0.25) is 0 Å². The molecule has 0 heterocycles. The summed E-state index contributed by atoms with van der Waals surface area (Å²) in [6.45, 7) is 0. The zero-order valence-corrected chi connectivity index (χ0v) is 9.78. The van der Waals surface area contributed by atoms with Gasteiger partial charge in [-0.3, -0.25) is 10.1 Å². The Bertz CT molecular complexity index is 376. The van der Waals surface area contributed by atoms with Crippen molar-refractivity contribution in [1.29, 1.82) is 0 Å². The van der Waals surface area contributed by atoms with Crippen molar-refractivity contribution in [3.63, 3.8) is 0 Å². The Morgan fingerprint density at radius 2 is 1.72 bits per heavy atom. The summed E-state index contributed by atoms with van der Waals surface area (Å²) in [5.41, 5.74) is -0.0689. The molecular weight excluding hydrogens is 238 g/mol. The van der Waals surface area contributed by atoms with Gasteiger partial charge in [-0.15, -0.1) is 0 Å². The molecule has 1 aliphatic rings. The van der Waals surface area contributed by atoms with Crippen molar-refractivity contribution in [2.45, 2.75) is 31.8 Å². The average Bonchev–Trinajstić information content (AvgIpc) is 2.81. The van der Waals surface area contributed by atoms with Gasteiger partial charge in [0.15, 0.2) is 0 Å². The van der Waals surface area contributed by atoms with Crippen LogP contribution in [-0.4, -0.2) is 27.2 Å². The maximum absolute atomic E-state index is 10.3. The first-order valence-corrected chi connectivity index (χ1v) is 5.66. The lowest BCUT2D eigenvalue weighted by Gasteiger charge is -1.92. The van der Waals surface area contributed by atoms with Gasteiger partial charge in [0.1, 0.15) is 0 Å². The van der Waals surface area contributed by atoms with Crippen molar-refractivity contribution in [3.05, 3.63) is 39.9 Å². The summed E-state index contributed by atoms with van der Waals surface area (Å²) in [6.07, 6.45) is 4.60. The van der Waals surface area contributed by atoms with E-state index in [9.17, 15) is 14.9 Å². The second kappa shape index (κ2) is 6.70. The number of non-ortho nitro benzene ring substituents is 1. The van der Waals surface area contributed by atoms with E-state index in [0.717, 1.165) is 25.0 Å². The maximum atomic E-state index is 10.3. The van der Waals surface area contributed by atoms with Crippen molar-refractivity contribution in [2.75, 3.05) is 0 Å².